The lowest BCUT2D eigenvalue weighted by Crippen LogP contribution is -2.14. The van der Waals surface area contributed by atoms with Gasteiger partial charge in [0.2, 0.25) is 0 Å². The van der Waals surface area contributed by atoms with Gasteiger partial charge >= 0.3 is 5.97 Å². The van der Waals surface area contributed by atoms with Crippen LogP contribution in [-0.2, 0) is 10.0 Å². The van der Waals surface area contributed by atoms with Gasteiger partial charge in [-0.15, -0.1) is 0 Å². The second-order valence-corrected chi connectivity index (χ2v) is 7.12. The molecule has 2 aromatic heterocycles. The van der Waals surface area contributed by atoms with E-state index in [9.17, 15) is 18.3 Å². The van der Waals surface area contributed by atoms with E-state index < -0.39 is 16.0 Å². The van der Waals surface area contributed by atoms with Gasteiger partial charge in [0.05, 0.1) is 15.9 Å². The second-order valence-electron chi connectivity index (χ2n) is 5.33. The Morgan fingerprint density at radius 1 is 0.958 bits per heavy atom. The summed E-state index contributed by atoms with van der Waals surface area (Å²) in [7, 11) is -3.94. The molecule has 4 rings (SSSR count). The number of aromatic amines is 1. The highest BCUT2D eigenvalue weighted by atomic mass is 32.2. The predicted molar refractivity (Wildman–Crippen MR) is 89.8 cm³/mol. The van der Waals surface area contributed by atoms with E-state index in [0.717, 1.165) is 3.97 Å². The van der Waals surface area contributed by atoms with Crippen LogP contribution < -0.4 is 0 Å². The third-order valence-corrected chi connectivity index (χ3v) is 5.69. The minimum atomic E-state index is -3.94. The molecule has 0 aliphatic rings. The SMILES string of the molecule is O=C(O)c1[nH]cc2c3ccccc3n(S(=O)(=O)c3ccccc3)c12. The van der Waals surface area contributed by atoms with Gasteiger partial charge in [0.15, 0.2) is 5.69 Å². The Labute approximate surface area is 137 Å². The Morgan fingerprint density at radius 2 is 1.62 bits per heavy atom. The fraction of sp³-hybridized carbons (Fsp3) is 0. The number of carboxylic acid groups (broad SMARTS) is 1. The topological polar surface area (TPSA) is 92.2 Å². The summed E-state index contributed by atoms with van der Waals surface area (Å²) in [6.07, 6.45) is 1.53. The molecule has 0 radical (unpaired) electrons. The summed E-state index contributed by atoms with van der Waals surface area (Å²) in [5, 5.41) is 10.7. The summed E-state index contributed by atoms with van der Waals surface area (Å²) in [4.78, 5) is 14.3. The number of nitrogens with zero attached hydrogens (tertiary/aromatic N) is 1. The van der Waals surface area contributed by atoms with Crippen molar-refractivity contribution in [2.75, 3.05) is 0 Å². The van der Waals surface area contributed by atoms with E-state index in [1.165, 1.54) is 18.3 Å². The summed E-state index contributed by atoms with van der Waals surface area (Å²) in [6, 6.07) is 14.9. The smallest absolute Gasteiger partial charge is 0.354 e. The van der Waals surface area contributed by atoms with Gasteiger partial charge in [-0.3, -0.25) is 0 Å². The summed E-state index contributed by atoms with van der Waals surface area (Å²) in [6.45, 7) is 0. The average Bonchev–Trinajstić information content (AvgIpc) is 3.13. The first-order valence-corrected chi connectivity index (χ1v) is 8.60. The van der Waals surface area contributed by atoms with Gasteiger partial charge in [0, 0.05) is 17.0 Å². The first kappa shape index (κ1) is 14.5. The number of hydrogen-bond donors (Lipinski definition) is 2. The van der Waals surface area contributed by atoms with Crippen molar-refractivity contribution in [3.8, 4) is 0 Å². The largest absolute Gasteiger partial charge is 0.477 e. The quantitative estimate of drug-likeness (QED) is 0.599. The number of H-pyrrole nitrogens is 1. The lowest BCUT2D eigenvalue weighted by Gasteiger charge is -2.09. The molecule has 0 spiro atoms. The van der Waals surface area contributed by atoms with Crippen LogP contribution in [0.25, 0.3) is 21.8 Å². The van der Waals surface area contributed by atoms with Crippen molar-refractivity contribution >= 4 is 37.8 Å². The molecule has 0 fully saturated rings. The van der Waals surface area contributed by atoms with E-state index >= 15 is 0 Å². The average molecular weight is 340 g/mol. The van der Waals surface area contributed by atoms with Gasteiger partial charge in [0.1, 0.15) is 0 Å². The van der Waals surface area contributed by atoms with Crippen LogP contribution in [0.4, 0.5) is 0 Å². The molecule has 0 saturated heterocycles. The minimum Gasteiger partial charge on any atom is -0.477 e. The number of para-hydroxylation sites is 1. The summed E-state index contributed by atoms with van der Waals surface area (Å²) < 4.78 is 27.4. The third kappa shape index (κ3) is 1.88. The first-order valence-electron chi connectivity index (χ1n) is 7.16. The van der Waals surface area contributed by atoms with Gasteiger partial charge in [0.25, 0.3) is 10.0 Å². The van der Waals surface area contributed by atoms with Crippen LogP contribution >= 0.6 is 0 Å². The van der Waals surface area contributed by atoms with Gasteiger partial charge in [-0.2, -0.15) is 0 Å². The van der Waals surface area contributed by atoms with Crippen LogP contribution in [0.15, 0.2) is 65.7 Å². The Morgan fingerprint density at radius 3 is 2.33 bits per heavy atom. The number of carboxylic acids is 1. The zero-order valence-corrected chi connectivity index (χ0v) is 13.1. The van der Waals surface area contributed by atoms with Crippen LogP contribution in [0.2, 0.25) is 0 Å². The second kappa shape index (κ2) is 4.97. The number of benzene rings is 2. The summed E-state index contributed by atoms with van der Waals surface area (Å²) in [5.41, 5.74) is 0.441. The molecule has 2 aromatic carbocycles. The monoisotopic (exact) mass is 340 g/mol. The molecule has 0 atom stereocenters. The van der Waals surface area contributed by atoms with Crippen LogP contribution in [0.5, 0.6) is 0 Å². The van der Waals surface area contributed by atoms with Gasteiger partial charge in [-0.05, 0) is 18.2 Å². The zero-order valence-electron chi connectivity index (χ0n) is 12.3. The first-order chi connectivity index (χ1) is 11.5. The standard InChI is InChI=1S/C17H12N2O4S/c20-17(21)15-16-13(10-18-15)12-8-4-5-9-14(12)19(16)24(22,23)11-6-2-1-3-7-11/h1-10,18H,(H,20,21). The van der Waals surface area contributed by atoms with E-state index in [0.29, 0.717) is 16.3 Å². The highest BCUT2D eigenvalue weighted by Crippen LogP contribution is 2.34. The van der Waals surface area contributed by atoms with Crippen molar-refractivity contribution in [3.63, 3.8) is 0 Å². The number of fused-ring (bicyclic) bond motifs is 3. The van der Waals surface area contributed by atoms with E-state index in [4.69, 9.17) is 0 Å². The lowest BCUT2D eigenvalue weighted by atomic mass is 10.2. The Bertz CT molecular complexity index is 1190. The molecule has 2 N–H and O–H groups in total. The van der Waals surface area contributed by atoms with Crippen LogP contribution in [0.3, 0.4) is 0 Å². The van der Waals surface area contributed by atoms with Crippen molar-refractivity contribution in [3.05, 3.63) is 66.5 Å². The van der Waals surface area contributed by atoms with Crippen LogP contribution in [0.1, 0.15) is 10.5 Å². The van der Waals surface area contributed by atoms with Crippen molar-refractivity contribution in [2.45, 2.75) is 4.90 Å². The molecule has 120 valence electrons. The zero-order chi connectivity index (χ0) is 16.9. The molecule has 0 aliphatic carbocycles. The van der Waals surface area contributed by atoms with Crippen molar-refractivity contribution in [1.82, 2.24) is 8.96 Å². The van der Waals surface area contributed by atoms with Crippen molar-refractivity contribution < 1.29 is 18.3 Å². The number of carbonyl (C=O) groups is 1. The molecule has 0 saturated carbocycles. The molecule has 0 unspecified atom stereocenters. The van der Waals surface area contributed by atoms with E-state index in [2.05, 4.69) is 4.98 Å². The summed E-state index contributed by atoms with van der Waals surface area (Å²) >= 11 is 0. The van der Waals surface area contributed by atoms with Crippen molar-refractivity contribution in [2.24, 2.45) is 0 Å². The molecule has 0 amide bonds. The number of aromatic carboxylic acids is 1. The number of hydrogen-bond acceptors (Lipinski definition) is 3. The number of nitrogens with one attached hydrogen (secondary N) is 1. The molecule has 0 aliphatic heterocycles. The maximum Gasteiger partial charge on any atom is 0.354 e. The normalized spacial score (nSPS) is 12.0. The van der Waals surface area contributed by atoms with Gasteiger partial charge in [-0.25, -0.2) is 17.2 Å². The summed E-state index contributed by atoms with van der Waals surface area (Å²) in [5.74, 6) is -1.21. The highest BCUT2D eigenvalue weighted by molar-refractivity contribution is 7.90. The Balaban J connectivity index is 2.21. The fourth-order valence-electron chi connectivity index (χ4n) is 2.94. The van der Waals surface area contributed by atoms with Crippen molar-refractivity contribution in [1.29, 1.82) is 0 Å². The maximum absolute atomic E-state index is 13.2. The molecular formula is C17H12N2O4S. The van der Waals surface area contributed by atoms with Crippen LogP contribution in [0, 0.1) is 0 Å². The predicted octanol–water partition coefficient (Wildman–Crippen LogP) is 3.06. The molecule has 7 heteroatoms. The highest BCUT2D eigenvalue weighted by Gasteiger charge is 2.27. The molecule has 0 bridgehead atoms. The van der Waals surface area contributed by atoms with Gasteiger partial charge < -0.3 is 10.1 Å². The molecular weight excluding hydrogens is 328 g/mol. The Hall–Kier alpha value is -3.06. The Kier molecular flexibility index (Phi) is 3.01. The molecule has 4 aromatic rings. The lowest BCUT2D eigenvalue weighted by molar-refractivity contribution is 0.0693. The number of aromatic nitrogens is 2. The minimum absolute atomic E-state index is 0.102. The third-order valence-electron chi connectivity index (χ3n) is 3.96. The molecule has 2 heterocycles. The van der Waals surface area contributed by atoms with E-state index in [1.54, 1.807) is 42.5 Å². The molecule has 6 nitrogen and oxygen atoms in total. The van der Waals surface area contributed by atoms with E-state index in [-0.39, 0.29) is 16.1 Å². The maximum atomic E-state index is 13.2. The number of rotatable bonds is 3. The van der Waals surface area contributed by atoms with Crippen LogP contribution in [-0.4, -0.2) is 28.5 Å². The molecule has 24 heavy (non-hydrogen) atoms. The van der Waals surface area contributed by atoms with Gasteiger partial charge in [-0.1, -0.05) is 36.4 Å². The fourth-order valence-corrected chi connectivity index (χ4v) is 4.50. The van der Waals surface area contributed by atoms with E-state index in [1.807, 2.05) is 0 Å².